The molecule has 0 aliphatic carbocycles. The topological polar surface area (TPSA) is 72.0 Å². The molecule has 6 nitrogen and oxygen atoms in total. The van der Waals surface area contributed by atoms with E-state index in [4.69, 9.17) is 44.3 Å². The molecule has 0 aromatic heterocycles. The van der Waals surface area contributed by atoms with Gasteiger partial charge in [0.05, 0.1) is 19.9 Å². The second-order valence-electron chi connectivity index (χ2n) is 6.59. The SMILES string of the molecule is COc1cc(/C=N\NC(=O)CNc2ccc(Cl)cc2)ccc1OCc1ccc(Cl)cc1Cl. The first-order valence-corrected chi connectivity index (χ1v) is 10.6. The Kier molecular flexibility index (Phi) is 8.62. The van der Waals surface area contributed by atoms with Crippen molar-refractivity contribution in [2.45, 2.75) is 6.61 Å². The van der Waals surface area contributed by atoms with E-state index in [0.717, 1.165) is 16.8 Å². The lowest BCUT2D eigenvalue weighted by molar-refractivity contribution is -0.119. The fourth-order valence-corrected chi connectivity index (χ4v) is 3.24. The van der Waals surface area contributed by atoms with Crippen LogP contribution in [0.5, 0.6) is 11.5 Å². The van der Waals surface area contributed by atoms with Crippen LogP contribution in [0.15, 0.2) is 65.8 Å². The van der Waals surface area contributed by atoms with Gasteiger partial charge in [-0.25, -0.2) is 5.43 Å². The molecule has 0 heterocycles. The van der Waals surface area contributed by atoms with Gasteiger partial charge in [-0.1, -0.05) is 40.9 Å². The number of hydrogen-bond acceptors (Lipinski definition) is 5. The molecule has 3 aromatic rings. The predicted molar refractivity (Wildman–Crippen MR) is 129 cm³/mol. The summed E-state index contributed by atoms with van der Waals surface area (Å²) in [4.78, 5) is 11.9. The van der Waals surface area contributed by atoms with Crippen molar-refractivity contribution in [1.29, 1.82) is 0 Å². The highest BCUT2D eigenvalue weighted by molar-refractivity contribution is 6.35. The first-order valence-electron chi connectivity index (χ1n) is 9.50. The van der Waals surface area contributed by atoms with Crippen molar-refractivity contribution in [3.8, 4) is 11.5 Å². The lowest BCUT2D eigenvalue weighted by Gasteiger charge is -2.12. The number of amides is 1. The molecule has 0 bridgehead atoms. The smallest absolute Gasteiger partial charge is 0.259 e. The van der Waals surface area contributed by atoms with E-state index in [1.54, 1.807) is 61.7 Å². The Labute approximate surface area is 201 Å². The third-order valence-electron chi connectivity index (χ3n) is 4.29. The summed E-state index contributed by atoms with van der Waals surface area (Å²) in [5, 5.41) is 8.68. The quantitative estimate of drug-likeness (QED) is 0.293. The molecule has 0 aliphatic heterocycles. The number of anilines is 1. The summed E-state index contributed by atoms with van der Waals surface area (Å²) in [6, 6.07) is 17.6. The summed E-state index contributed by atoms with van der Waals surface area (Å²) in [6.07, 6.45) is 1.52. The first kappa shape index (κ1) is 23.7. The van der Waals surface area contributed by atoms with E-state index in [2.05, 4.69) is 15.8 Å². The van der Waals surface area contributed by atoms with E-state index in [9.17, 15) is 4.79 Å². The lowest BCUT2D eigenvalue weighted by atomic mass is 10.2. The molecular weight excluding hydrogens is 473 g/mol. The number of benzene rings is 3. The van der Waals surface area contributed by atoms with Crippen LogP contribution in [-0.4, -0.2) is 25.8 Å². The summed E-state index contributed by atoms with van der Waals surface area (Å²) in [7, 11) is 1.54. The van der Waals surface area contributed by atoms with E-state index >= 15 is 0 Å². The summed E-state index contributed by atoms with van der Waals surface area (Å²) in [6.45, 7) is 0.332. The number of halogens is 3. The minimum atomic E-state index is -0.289. The molecule has 2 N–H and O–H groups in total. The zero-order valence-corrected chi connectivity index (χ0v) is 19.3. The summed E-state index contributed by atoms with van der Waals surface area (Å²) >= 11 is 17.9. The van der Waals surface area contributed by atoms with Gasteiger partial charge in [-0.3, -0.25) is 4.79 Å². The number of nitrogens with one attached hydrogen (secondary N) is 2. The highest BCUT2D eigenvalue weighted by Gasteiger charge is 2.08. The van der Waals surface area contributed by atoms with Gasteiger partial charge in [0.15, 0.2) is 11.5 Å². The number of methoxy groups -OCH3 is 1. The van der Waals surface area contributed by atoms with E-state index in [1.165, 1.54) is 6.21 Å². The van der Waals surface area contributed by atoms with Crippen LogP contribution >= 0.6 is 34.8 Å². The molecule has 1 amide bonds. The molecule has 0 spiro atoms. The molecule has 0 fully saturated rings. The maximum absolute atomic E-state index is 11.9. The number of rotatable bonds is 9. The normalized spacial score (nSPS) is 10.8. The largest absolute Gasteiger partial charge is 0.493 e. The van der Waals surface area contributed by atoms with E-state index in [0.29, 0.717) is 26.6 Å². The molecule has 32 heavy (non-hydrogen) atoms. The lowest BCUT2D eigenvalue weighted by Crippen LogP contribution is -2.25. The van der Waals surface area contributed by atoms with Gasteiger partial charge >= 0.3 is 0 Å². The Hall–Kier alpha value is -2.93. The number of nitrogens with zero attached hydrogens (tertiary/aromatic N) is 1. The van der Waals surface area contributed by atoms with Gasteiger partial charge in [0.2, 0.25) is 0 Å². The Balaban J connectivity index is 1.53. The summed E-state index contributed by atoms with van der Waals surface area (Å²) in [5.41, 5.74) is 4.78. The van der Waals surface area contributed by atoms with Crippen LogP contribution in [0.1, 0.15) is 11.1 Å². The van der Waals surface area contributed by atoms with Crippen molar-refractivity contribution in [3.63, 3.8) is 0 Å². The van der Waals surface area contributed by atoms with Gasteiger partial charge in [-0.2, -0.15) is 5.10 Å². The van der Waals surface area contributed by atoms with Gasteiger partial charge in [0.25, 0.3) is 5.91 Å². The molecule has 9 heteroatoms. The molecule has 3 rings (SSSR count). The second-order valence-corrected chi connectivity index (χ2v) is 7.87. The highest BCUT2D eigenvalue weighted by atomic mass is 35.5. The van der Waals surface area contributed by atoms with Crippen molar-refractivity contribution in [1.82, 2.24) is 5.43 Å². The fourth-order valence-electron chi connectivity index (χ4n) is 2.65. The average molecular weight is 493 g/mol. The summed E-state index contributed by atoms with van der Waals surface area (Å²) in [5.74, 6) is 0.782. The molecule has 166 valence electrons. The fraction of sp³-hybridized carbons (Fsp3) is 0.130. The zero-order valence-electron chi connectivity index (χ0n) is 17.1. The second kappa shape index (κ2) is 11.6. The number of hydrazone groups is 1. The predicted octanol–water partition coefficient (Wildman–Crippen LogP) is 5.80. The third kappa shape index (κ3) is 7.05. The maximum atomic E-state index is 11.9. The third-order valence-corrected chi connectivity index (χ3v) is 5.13. The highest BCUT2D eigenvalue weighted by Crippen LogP contribution is 2.29. The van der Waals surface area contributed by atoms with Crippen molar-refractivity contribution in [2.24, 2.45) is 5.10 Å². The zero-order chi connectivity index (χ0) is 22.9. The van der Waals surface area contributed by atoms with Crippen molar-refractivity contribution in [2.75, 3.05) is 19.0 Å². The minimum absolute atomic E-state index is 0.0718. The Morgan fingerprint density at radius 1 is 0.969 bits per heavy atom. The van der Waals surface area contributed by atoms with Gasteiger partial charge in [0, 0.05) is 26.3 Å². The molecule has 0 unspecified atom stereocenters. The van der Waals surface area contributed by atoms with Gasteiger partial charge < -0.3 is 14.8 Å². The van der Waals surface area contributed by atoms with Crippen LogP contribution in [0.25, 0.3) is 0 Å². The van der Waals surface area contributed by atoms with Crippen molar-refractivity contribution < 1.29 is 14.3 Å². The average Bonchev–Trinajstić information content (AvgIpc) is 2.78. The number of carbonyl (C=O) groups excluding carboxylic acids is 1. The Morgan fingerprint density at radius 2 is 1.72 bits per heavy atom. The molecule has 3 aromatic carbocycles. The van der Waals surface area contributed by atoms with Gasteiger partial charge in [-0.15, -0.1) is 0 Å². The van der Waals surface area contributed by atoms with Gasteiger partial charge in [0.1, 0.15) is 6.61 Å². The van der Waals surface area contributed by atoms with Crippen LogP contribution in [0.3, 0.4) is 0 Å². The molecular formula is C23H20Cl3N3O3. The first-order chi connectivity index (χ1) is 15.4. The van der Waals surface area contributed by atoms with Crippen LogP contribution in [0.2, 0.25) is 15.1 Å². The van der Waals surface area contributed by atoms with Crippen LogP contribution < -0.4 is 20.2 Å². The van der Waals surface area contributed by atoms with Crippen molar-refractivity contribution >= 4 is 52.6 Å². The van der Waals surface area contributed by atoms with Crippen LogP contribution in [0, 0.1) is 0 Å². The van der Waals surface area contributed by atoms with Gasteiger partial charge in [-0.05, 0) is 60.2 Å². The minimum Gasteiger partial charge on any atom is -0.493 e. The molecule has 0 saturated heterocycles. The molecule has 0 aliphatic rings. The number of carbonyl (C=O) groups is 1. The van der Waals surface area contributed by atoms with E-state index in [-0.39, 0.29) is 19.1 Å². The molecule has 0 atom stereocenters. The monoisotopic (exact) mass is 491 g/mol. The number of hydrogen-bond donors (Lipinski definition) is 2. The molecule has 0 saturated carbocycles. The Morgan fingerprint density at radius 3 is 2.44 bits per heavy atom. The molecule has 0 radical (unpaired) electrons. The van der Waals surface area contributed by atoms with Crippen LogP contribution in [0.4, 0.5) is 5.69 Å². The summed E-state index contributed by atoms with van der Waals surface area (Å²) < 4.78 is 11.2. The van der Waals surface area contributed by atoms with Crippen molar-refractivity contribution in [3.05, 3.63) is 86.9 Å². The Bertz CT molecular complexity index is 1110. The van der Waals surface area contributed by atoms with E-state index in [1.807, 2.05) is 6.07 Å². The van der Waals surface area contributed by atoms with Crippen LogP contribution in [-0.2, 0) is 11.4 Å². The maximum Gasteiger partial charge on any atom is 0.259 e. The van der Waals surface area contributed by atoms with E-state index < -0.39 is 0 Å². The standard InChI is InChI=1S/C23H20Cl3N3O3/c1-31-22-10-15(2-9-21(22)32-14-16-3-4-18(25)11-20(16)26)12-28-29-23(30)13-27-19-7-5-17(24)6-8-19/h2-12,27H,13-14H2,1H3,(H,29,30)/b28-12-. The number of ether oxygens (including phenoxy) is 2.